The van der Waals surface area contributed by atoms with Gasteiger partial charge in [-0.3, -0.25) is 4.79 Å². The van der Waals surface area contributed by atoms with Crippen LogP contribution >= 0.6 is 11.6 Å². The van der Waals surface area contributed by atoms with E-state index < -0.39 is 11.9 Å². The van der Waals surface area contributed by atoms with E-state index in [0.717, 1.165) is 10.8 Å². The van der Waals surface area contributed by atoms with Gasteiger partial charge in [-0.2, -0.15) is 4.98 Å². The van der Waals surface area contributed by atoms with E-state index in [1.165, 1.54) is 6.07 Å². The zero-order chi connectivity index (χ0) is 18.7. The van der Waals surface area contributed by atoms with Crippen LogP contribution in [0.2, 0.25) is 5.02 Å². The number of benzene rings is 2. The first-order valence-corrected chi connectivity index (χ1v) is 8.24. The Balaban J connectivity index is 1.96. The Hall–Kier alpha value is -3.12. The molecule has 0 aliphatic rings. The monoisotopic (exact) mass is 370 g/mol. The summed E-state index contributed by atoms with van der Waals surface area (Å²) in [7, 11) is 0. The van der Waals surface area contributed by atoms with Crippen LogP contribution in [-0.2, 0) is 0 Å². The zero-order valence-electron chi connectivity index (χ0n) is 13.8. The summed E-state index contributed by atoms with van der Waals surface area (Å²) in [6.07, 6.45) is 0. The van der Waals surface area contributed by atoms with Gasteiger partial charge in [0.05, 0.1) is 6.61 Å². The number of hydrogen-bond acceptors (Lipinski definition) is 4. The number of amides is 1. The van der Waals surface area contributed by atoms with E-state index >= 15 is 0 Å². The van der Waals surface area contributed by atoms with E-state index in [1.807, 2.05) is 30.3 Å². The lowest BCUT2D eigenvalue weighted by atomic mass is 10.1. The van der Waals surface area contributed by atoms with Gasteiger partial charge in [0.15, 0.2) is 5.82 Å². The number of aromatic nitrogens is 1. The Morgan fingerprint density at radius 1 is 1.15 bits per heavy atom. The van der Waals surface area contributed by atoms with Crippen molar-refractivity contribution in [2.75, 3.05) is 11.9 Å². The number of anilines is 1. The van der Waals surface area contributed by atoms with E-state index in [4.69, 9.17) is 16.3 Å². The highest BCUT2D eigenvalue weighted by Gasteiger charge is 2.19. The van der Waals surface area contributed by atoms with Gasteiger partial charge in [-0.25, -0.2) is 4.79 Å². The molecule has 26 heavy (non-hydrogen) atoms. The summed E-state index contributed by atoms with van der Waals surface area (Å²) in [5.74, 6) is -1.79. The molecule has 0 fully saturated rings. The van der Waals surface area contributed by atoms with E-state index in [1.54, 1.807) is 19.1 Å². The van der Waals surface area contributed by atoms with E-state index in [-0.39, 0.29) is 22.3 Å². The van der Waals surface area contributed by atoms with Gasteiger partial charge in [0, 0.05) is 5.56 Å². The number of nitrogens with one attached hydrogen (secondary N) is 1. The first-order valence-electron chi connectivity index (χ1n) is 7.86. The number of hydrogen-bond donors (Lipinski definition) is 2. The van der Waals surface area contributed by atoms with Crippen molar-refractivity contribution in [2.45, 2.75) is 6.92 Å². The number of carboxylic acid groups (broad SMARTS) is 1. The van der Waals surface area contributed by atoms with Gasteiger partial charge in [0.2, 0.25) is 5.88 Å². The fraction of sp³-hybridized carbons (Fsp3) is 0.105. The number of fused-ring (bicyclic) bond motifs is 1. The smallest absolute Gasteiger partial charge is 0.339 e. The number of nitrogens with zero attached hydrogens (tertiary/aromatic N) is 1. The number of carbonyl (C=O) groups is 2. The maximum atomic E-state index is 12.6. The summed E-state index contributed by atoms with van der Waals surface area (Å²) in [5.41, 5.74) is 0.169. The van der Waals surface area contributed by atoms with Crippen molar-refractivity contribution in [3.05, 3.63) is 64.7 Å². The fourth-order valence-corrected chi connectivity index (χ4v) is 2.68. The van der Waals surface area contributed by atoms with Gasteiger partial charge in [-0.15, -0.1) is 0 Å². The summed E-state index contributed by atoms with van der Waals surface area (Å²) in [5, 5.41) is 13.8. The van der Waals surface area contributed by atoms with Crippen LogP contribution < -0.4 is 10.1 Å². The van der Waals surface area contributed by atoms with Crippen molar-refractivity contribution in [1.29, 1.82) is 0 Å². The Labute approximate surface area is 154 Å². The van der Waals surface area contributed by atoms with Crippen molar-refractivity contribution in [1.82, 2.24) is 4.98 Å². The molecule has 0 spiro atoms. The molecule has 0 radical (unpaired) electrons. The van der Waals surface area contributed by atoms with Crippen LogP contribution in [0, 0.1) is 0 Å². The third-order valence-electron chi connectivity index (χ3n) is 3.70. The number of aromatic carboxylic acids is 1. The molecule has 7 heteroatoms. The minimum atomic E-state index is -1.25. The largest absolute Gasteiger partial charge is 0.478 e. The second-order valence-electron chi connectivity index (χ2n) is 5.43. The highest BCUT2D eigenvalue weighted by atomic mass is 35.5. The molecule has 0 aliphatic carbocycles. The Bertz CT molecular complexity index is 1000. The zero-order valence-corrected chi connectivity index (χ0v) is 14.6. The second kappa shape index (κ2) is 7.41. The number of carboxylic acids is 1. The van der Waals surface area contributed by atoms with Gasteiger partial charge >= 0.3 is 5.97 Å². The third kappa shape index (κ3) is 3.60. The van der Waals surface area contributed by atoms with Gasteiger partial charge < -0.3 is 15.2 Å². The average molecular weight is 371 g/mol. The molecular formula is C19H15ClN2O4. The van der Waals surface area contributed by atoms with Gasteiger partial charge in [0.1, 0.15) is 10.6 Å². The van der Waals surface area contributed by atoms with E-state index in [9.17, 15) is 14.7 Å². The van der Waals surface area contributed by atoms with Crippen molar-refractivity contribution < 1.29 is 19.4 Å². The highest BCUT2D eigenvalue weighted by Crippen LogP contribution is 2.28. The van der Waals surface area contributed by atoms with Crippen LogP contribution in [0.1, 0.15) is 27.6 Å². The normalized spacial score (nSPS) is 10.5. The van der Waals surface area contributed by atoms with Gasteiger partial charge in [0.25, 0.3) is 5.91 Å². The van der Waals surface area contributed by atoms with Gasteiger partial charge in [-0.1, -0.05) is 41.9 Å². The topological polar surface area (TPSA) is 88.5 Å². The minimum absolute atomic E-state index is 0.0629. The molecule has 2 N–H and O–H groups in total. The number of halogens is 1. The van der Waals surface area contributed by atoms with Gasteiger partial charge in [-0.05, 0) is 35.9 Å². The van der Waals surface area contributed by atoms with Crippen LogP contribution in [0.25, 0.3) is 10.8 Å². The Morgan fingerprint density at radius 3 is 2.58 bits per heavy atom. The fourth-order valence-electron chi connectivity index (χ4n) is 2.48. The molecule has 0 saturated carbocycles. The first kappa shape index (κ1) is 17.7. The number of carbonyl (C=O) groups excluding carboxylic acids is 1. The van der Waals surface area contributed by atoms with E-state index in [2.05, 4.69) is 10.3 Å². The quantitative estimate of drug-likeness (QED) is 0.701. The molecule has 0 bridgehead atoms. The van der Waals surface area contributed by atoms with Crippen molar-refractivity contribution >= 4 is 40.1 Å². The SMILES string of the molecule is CCOc1nc(NC(=O)c2ccc3ccccc3c2)c(C(=O)O)cc1Cl. The summed E-state index contributed by atoms with van der Waals surface area (Å²) >= 11 is 5.98. The molecule has 3 aromatic rings. The highest BCUT2D eigenvalue weighted by molar-refractivity contribution is 6.32. The van der Waals surface area contributed by atoms with Crippen LogP contribution in [-0.4, -0.2) is 28.6 Å². The Morgan fingerprint density at radius 2 is 1.88 bits per heavy atom. The molecule has 0 aliphatic heterocycles. The number of rotatable bonds is 5. The molecule has 132 valence electrons. The molecule has 0 atom stereocenters. The van der Waals surface area contributed by atoms with Crippen molar-refractivity contribution in [3.63, 3.8) is 0 Å². The predicted molar refractivity (Wildman–Crippen MR) is 99.3 cm³/mol. The van der Waals surface area contributed by atoms with Crippen LogP contribution in [0.3, 0.4) is 0 Å². The minimum Gasteiger partial charge on any atom is -0.478 e. The summed E-state index contributed by atoms with van der Waals surface area (Å²) in [4.78, 5) is 28.1. The average Bonchev–Trinajstić information content (AvgIpc) is 2.63. The van der Waals surface area contributed by atoms with Crippen LogP contribution in [0.4, 0.5) is 5.82 Å². The lowest BCUT2D eigenvalue weighted by molar-refractivity contribution is 0.0697. The second-order valence-corrected chi connectivity index (χ2v) is 5.83. The molecule has 1 amide bonds. The lowest BCUT2D eigenvalue weighted by Gasteiger charge is -2.12. The van der Waals surface area contributed by atoms with Crippen molar-refractivity contribution in [3.8, 4) is 5.88 Å². The standard InChI is InChI=1S/C19H15ClN2O4/c1-2-26-18-15(20)10-14(19(24)25)16(22-18)21-17(23)13-8-7-11-5-3-4-6-12(11)9-13/h3-10H,2H2,1H3,(H,24,25)(H,21,22,23). The molecule has 1 heterocycles. The molecule has 2 aromatic carbocycles. The summed E-state index contributed by atoms with van der Waals surface area (Å²) < 4.78 is 5.27. The summed E-state index contributed by atoms with van der Waals surface area (Å²) in [6.45, 7) is 2.05. The molecule has 0 unspecified atom stereocenters. The molecule has 3 rings (SSSR count). The molecule has 6 nitrogen and oxygen atoms in total. The number of ether oxygens (including phenoxy) is 1. The summed E-state index contributed by atoms with van der Waals surface area (Å²) in [6, 6.07) is 14.0. The maximum absolute atomic E-state index is 12.6. The number of pyridine rings is 1. The molecular weight excluding hydrogens is 356 g/mol. The first-order chi connectivity index (χ1) is 12.5. The molecule has 0 saturated heterocycles. The van der Waals surface area contributed by atoms with Crippen molar-refractivity contribution in [2.24, 2.45) is 0 Å². The van der Waals surface area contributed by atoms with Crippen LogP contribution in [0.15, 0.2) is 48.5 Å². The maximum Gasteiger partial charge on any atom is 0.339 e. The predicted octanol–water partition coefficient (Wildman–Crippen LogP) is 4.24. The van der Waals surface area contributed by atoms with Crippen LogP contribution in [0.5, 0.6) is 5.88 Å². The molecule has 1 aromatic heterocycles. The Kier molecular flexibility index (Phi) is 5.04. The van der Waals surface area contributed by atoms with E-state index in [0.29, 0.717) is 12.2 Å². The lowest BCUT2D eigenvalue weighted by Crippen LogP contribution is -2.16. The third-order valence-corrected chi connectivity index (χ3v) is 3.97.